The van der Waals surface area contributed by atoms with Crippen LogP contribution in [-0.2, 0) is 6.42 Å². The van der Waals surface area contributed by atoms with E-state index in [2.05, 4.69) is 67.9 Å². The van der Waals surface area contributed by atoms with E-state index >= 15 is 0 Å². The number of halogens is 1. The van der Waals surface area contributed by atoms with Crippen LogP contribution in [0.2, 0.25) is 5.02 Å². The summed E-state index contributed by atoms with van der Waals surface area (Å²) >= 11 is 6.65. The molecule has 0 amide bonds. The first-order valence-electron chi connectivity index (χ1n) is 9.43. The summed E-state index contributed by atoms with van der Waals surface area (Å²) in [5.41, 5.74) is 5.47. The highest BCUT2D eigenvalue weighted by molar-refractivity contribution is 6.34. The van der Waals surface area contributed by atoms with Crippen LogP contribution in [0.4, 0.5) is 11.4 Å². The Bertz CT molecular complexity index is 1260. The van der Waals surface area contributed by atoms with Gasteiger partial charge in [0.05, 0.1) is 10.7 Å². The zero-order valence-corrected chi connectivity index (χ0v) is 16.7. The average molecular weight is 384 g/mol. The van der Waals surface area contributed by atoms with Crippen LogP contribution >= 0.6 is 11.6 Å². The molecule has 0 unspecified atom stereocenters. The van der Waals surface area contributed by atoms with Gasteiger partial charge in [0.15, 0.2) is 0 Å². The fourth-order valence-electron chi connectivity index (χ4n) is 3.53. The van der Waals surface area contributed by atoms with Crippen LogP contribution in [0, 0.1) is 0 Å². The number of anilines is 2. The molecule has 28 heavy (non-hydrogen) atoms. The largest absolute Gasteiger partial charge is 0.354 e. The summed E-state index contributed by atoms with van der Waals surface area (Å²) in [5, 5.41) is 7.88. The Kier molecular flexibility index (Phi) is 4.93. The highest BCUT2D eigenvalue weighted by atomic mass is 35.5. The van der Waals surface area contributed by atoms with Crippen LogP contribution < -0.4 is 15.8 Å². The van der Waals surface area contributed by atoms with Crippen LogP contribution in [0.3, 0.4) is 0 Å². The number of aryl methyl sites for hydroxylation is 1. The number of hydrogen-bond donors (Lipinski definition) is 1. The second kappa shape index (κ2) is 7.53. The van der Waals surface area contributed by atoms with Gasteiger partial charge < -0.3 is 5.32 Å². The fourth-order valence-corrected chi connectivity index (χ4v) is 3.79. The van der Waals surface area contributed by atoms with Gasteiger partial charge in [-0.05, 0) is 51.2 Å². The molecule has 138 valence electrons. The molecule has 1 nitrogen and oxygen atoms in total. The van der Waals surface area contributed by atoms with E-state index in [0.29, 0.717) is 5.02 Å². The molecule has 0 radical (unpaired) electrons. The van der Waals surface area contributed by atoms with Crippen molar-refractivity contribution in [2.45, 2.75) is 13.3 Å². The third-order valence-electron chi connectivity index (χ3n) is 5.19. The molecular formula is C26H22ClN. The maximum Gasteiger partial charge on any atom is 0.0719 e. The molecule has 0 aliphatic heterocycles. The third kappa shape index (κ3) is 3.30. The zero-order valence-electron chi connectivity index (χ0n) is 15.9. The maximum atomic E-state index is 6.65. The van der Waals surface area contributed by atoms with Crippen molar-refractivity contribution in [3.8, 4) is 11.1 Å². The quantitative estimate of drug-likeness (QED) is 0.437. The van der Waals surface area contributed by atoms with Gasteiger partial charge in [0.2, 0.25) is 0 Å². The molecule has 0 spiro atoms. The Balaban J connectivity index is 1.76. The maximum absolute atomic E-state index is 6.65. The van der Waals surface area contributed by atoms with E-state index in [1.807, 2.05) is 30.3 Å². The second-order valence-electron chi connectivity index (χ2n) is 6.95. The van der Waals surface area contributed by atoms with Gasteiger partial charge in [0.1, 0.15) is 0 Å². The summed E-state index contributed by atoms with van der Waals surface area (Å²) in [7, 11) is 0. The lowest BCUT2D eigenvalue weighted by Gasteiger charge is -2.14. The Morgan fingerprint density at radius 2 is 1.46 bits per heavy atom. The molecule has 0 atom stereocenters. The summed E-state index contributed by atoms with van der Waals surface area (Å²) in [4.78, 5) is 0. The van der Waals surface area contributed by atoms with Gasteiger partial charge in [-0.2, -0.15) is 0 Å². The van der Waals surface area contributed by atoms with Gasteiger partial charge in [-0.1, -0.05) is 92.3 Å². The van der Waals surface area contributed by atoms with Gasteiger partial charge in [-0.25, -0.2) is 0 Å². The molecule has 4 aromatic rings. The van der Waals surface area contributed by atoms with E-state index in [0.717, 1.165) is 44.6 Å². The summed E-state index contributed by atoms with van der Waals surface area (Å²) in [5.74, 6) is 0. The Morgan fingerprint density at radius 3 is 2.14 bits per heavy atom. The summed E-state index contributed by atoms with van der Waals surface area (Å²) in [6.45, 7) is 10.6. The topological polar surface area (TPSA) is 12.0 Å². The van der Waals surface area contributed by atoms with Gasteiger partial charge in [0, 0.05) is 10.9 Å². The molecule has 0 fully saturated rings. The van der Waals surface area contributed by atoms with E-state index in [9.17, 15) is 0 Å². The number of nitrogens with one attached hydrogen (secondary N) is 1. The highest BCUT2D eigenvalue weighted by Gasteiger charge is 2.09. The first-order chi connectivity index (χ1) is 13.6. The molecular weight excluding hydrogens is 362 g/mol. The van der Waals surface area contributed by atoms with Crippen molar-refractivity contribution < 1.29 is 0 Å². The molecule has 0 saturated carbocycles. The Morgan fingerprint density at radius 1 is 0.786 bits per heavy atom. The molecule has 1 N–H and O–H groups in total. The molecule has 2 heteroatoms. The number of benzene rings is 4. The van der Waals surface area contributed by atoms with Crippen LogP contribution in [0.1, 0.15) is 12.5 Å². The monoisotopic (exact) mass is 383 g/mol. The number of fused-ring (bicyclic) bond motifs is 1. The Hall–Kier alpha value is -3.03. The van der Waals surface area contributed by atoms with Crippen LogP contribution in [-0.4, -0.2) is 0 Å². The third-order valence-corrected chi connectivity index (χ3v) is 5.61. The molecule has 0 aliphatic rings. The zero-order chi connectivity index (χ0) is 19.7. The normalized spacial score (nSPS) is 10.9. The van der Waals surface area contributed by atoms with Crippen molar-refractivity contribution >= 4 is 46.9 Å². The predicted octanol–water partition coefficient (Wildman–Crippen LogP) is 6.29. The van der Waals surface area contributed by atoms with Gasteiger partial charge >= 0.3 is 0 Å². The molecule has 0 bridgehead atoms. The van der Waals surface area contributed by atoms with Crippen LogP contribution in [0.5, 0.6) is 0 Å². The lowest BCUT2D eigenvalue weighted by molar-refractivity contribution is 1.14. The lowest BCUT2D eigenvalue weighted by atomic mass is 10.0. The minimum Gasteiger partial charge on any atom is -0.354 e. The van der Waals surface area contributed by atoms with E-state index < -0.39 is 0 Å². The van der Waals surface area contributed by atoms with Gasteiger partial charge in [-0.3, -0.25) is 0 Å². The first-order valence-corrected chi connectivity index (χ1v) is 9.80. The second-order valence-corrected chi connectivity index (χ2v) is 7.33. The van der Waals surface area contributed by atoms with E-state index in [1.165, 1.54) is 11.1 Å². The van der Waals surface area contributed by atoms with E-state index in [4.69, 9.17) is 11.6 Å². The van der Waals surface area contributed by atoms with Crippen molar-refractivity contribution in [1.82, 2.24) is 0 Å². The lowest BCUT2D eigenvalue weighted by Crippen LogP contribution is -2.16. The van der Waals surface area contributed by atoms with Crippen molar-refractivity contribution in [1.29, 1.82) is 0 Å². The number of rotatable bonds is 4. The predicted molar refractivity (Wildman–Crippen MR) is 124 cm³/mol. The molecule has 4 aromatic carbocycles. The van der Waals surface area contributed by atoms with E-state index in [-0.39, 0.29) is 0 Å². The molecule has 0 aliphatic carbocycles. The van der Waals surface area contributed by atoms with Crippen molar-refractivity contribution in [2.24, 2.45) is 0 Å². The molecule has 0 heterocycles. The van der Waals surface area contributed by atoms with Gasteiger partial charge in [0.25, 0.3) is 0 Å². The van der Waals surface area contributed by atoms with Crippen LogP contribution in [0.15, 0.2) is 72.8 Å². The Labute approximate surface area is 170 Å². The summed E-state index contributed by atoms with van der Waals surface area (Å²) < 4.78 is 0. The molecule has 0 aromatic heterocycles. The minimum atomic E-state index is 0.612. The first kappa shape index (κ1) is 18.3. The summed E-state index contributed by atoms with van der Waals surface area (Å²) in [6, 6.07) is 25.1. The summed E-state index contributed by atoms with van der Waals surface area (Å²) in [6.07, 6.45) is 1.04. The average Bonchev–Trinajstić information content (AvgIpc) is 2.75. The minimum absolute atomic E-state index is 0.612. The molecule has 4 rings (SSSR count). The van der Waals surface area contributed by atoms with Crippen molar-refractivity contribution in [3.63, 3.8) is 0 Å². The smallest absolute Gasteiger partial charge is 0.0719 e. The van der Waals surface area contributed by atoms with Crippen molar-refractivity contribution in [2.75, 3.05) is 5.32 Å². The standard InChI is InChI=1S/C26H22ClN/c1-4-19-12-14-20(15-13-19)21-8-7-9-22(16-21)28-26-18(3)24-11-6-5-10-23(24)17(2)25(26)27/h5-16,28H,2-4H2,1H3. The van der Waals surface area contributed by atoms with Crippen LogP contribution in [0.25, 0.3) is 35.1 Å². The number of hydrogen-bond acceptors (Lipinski definition) is 1. The fraction of sp³-hybridized carbons (Fsp3) is 0.0769. The highest BCUT2D eigenvalue weighted by Crippen LogP contribution is 2.27. The molecule has 0 saturated heterocycles. The SMILES string of the molecule is C=c1c(Cl)c(Nc2cccc(-c3ccc(CC)cc3)c2)c(=C)c2ccccc12. The van der Waals surface area contributed by atoms with Gasteiger partial charge in [-0.15, -0.1) is 0 Å². The van der Waals surface area contributed by atoms with E-state index in [1.54, 1.807) is 0 Å². The van der Waals surface area contributed by atoms with Crippen molar-refractivity contribution in [3.05, 3.63) is 93.8 Å².